The lowest BCUT2D eigenvalue weighted by Gasteiger charge is -2.33. The van der Waals surface area contributed by atoms with Crippen molar-refractivity contribution in [2.75, 3.05) is 11.4 Å². The van der Waals surface area contributed by atoms with Crippen molar-refractivity contribution in [3.8, 4) is 0 Å². The van der Waals surface area contributed by atoms with E-state index in [9.17, 15) is 9.59 Å². The lowest BCUT2D eigenvalue weighted by Crippen LogP contribution is -2.45. The number of imide groups is 1. The third-order valence-corrected chi connectivity index (χ3v) is 6.28. The Bertz CT molecular complexity index is 1060. The normalized spacial score (nSPS) is 26.0. The molecule has 0 unspecified atom stereocenters. The number of amides is 2. The number of anilines is 1. The van der Waals surface area contributed by atoms with E-state index in [1.54, 1.807) is 0 Å². The second-order valence-electron chi connectivity index (χ2n) is 7.85. The van der Waals surface area contributed by atoms with E-state index in [4.69, 9.17) is 0 Å². The Balaban J connectivity index is 1.71. The van der Waals surface area contributed by atoms with Gasteiger partial charge in [-0.25, -0.2) is 4.90 Å². The molecule has 0 radical (unpaired) electrons. The van der Waals surface area contributed by atoms with Gasteiger partial charge in [0.1, 0.15) is 5.41 Å². The first-order chi connectivity index (χ1) is 14.1. The van der Waals surface area contributed by atoms with E-state index in [0.717, 1.165) is 16.7 Å². The molecule has 0 bridgehead atoms. The maximum absolute atomic E-state index is 14.1. The molecule has 3 atom stereocenters. The zero-order valence-electron chi connectivity index (χ0n) is 16.2. The molecular formula is C25H22N2O2. The van der Waals surface area contributed by atoms with E-state index in [-0.39, 0.29) is 17.9 Å². The number of aryl methyl sites for hydroxylation is 1. The highest BCUT2D eigenvalue weighted by Gasteiger charge is 2.67. The number of rotatable bonds is 3. The fourth-order valence-corrected chi connectivity index (χ4v) is 4.92. The molecule has 5 rings (SSSR count). The quantitative estimate of drug-likeness (QED) is 0.702. The summed E-state index contributed by atoms with van der Waals surface area (Å²) in [5.41, 5.74) is 2.68. The Labute approximate surface area is 170 Å². The van der Waals surface area contributed by atoms with E-state index >= 15 is 0 Å². The standard InChI is InChI=1S/C25H22N2O2/c1-17-12-14-20(15-13-17)27-23(28)21-16-26-22(18-8-4-2-5-9-18)25(21,24(27)29)19-10-6-3-7-11-19/h2-15,21-22,26H,16H2,1H3/t21-,22+,25+/m0/s1. The highest BCUT2D eigenvalue weighted by Crippen LogP contribution is 2.53. The van der Waals surface area contributed by atoms with Crippen LogP contribution in [-0.4, -0.2) is 18.4 Å². The molecule has 2 amide bonds. The summed E-state index contributed by atoms with van der Waals surface area (Å²) in [6, 6.07) is 27.0. The maximum atomic E-state index is 14.1. The van der Waals surface area contributed by atoms with Gasteiger partial charge >= 0.3 is 0 Å². The minimum absolute atomic E-state index is 0.131. The minimum atomic E-state index is -0.954. The molecule has 0 aliphatic carbocycles. The van der Waals surface area contributed by atoms with Gasteiger partial charge in [-0.05, 0) is 30.2 Å². The van der Waals surface area contributed by atoms with Crippen LogP contribution in [0.1, 0.15) is 22.7 Å². The first kappa shape index (κ1) is 17.8. The van der Waals surface area contributed by atoms with Crippen LogP contribution in [0.15, 0.2) is 84.9 Å². The molecule has 1 N–H and O–H groups in total. The molecule has 3 aromatic rings. The van der Waals surface area contributed by atoms with Gasteiger partial charge in [0.05, 0.1) is 17.6 Å². The highest BCUT2D eigenvalue weighted by molar-refractivity contribution is 6.26. The van der Waals surface area contributed by atoms with Crippen LogP contribution in [0.25, 0.3) is 0 Å². The van der Waals surface area contributed by atoms with Crippen molar-refractivity contribution >= 4 is 17.5 Å². The summed E-state index contributed by atoms with van der Waals surface area (Å²) in [7, 11) is 0. The molecule has 4 nitrogen and oxygen atoms in total. The van der Waals surface area contributed by atoms with Crippen molar-refractivity contribution in [2.24, 2.45) is 5.92 Å². The number of nitrogens with zero attached hydrogens (tertiary/aromatic N) is 1. The molecule has 2 saturated heterocycles. The highest BCUT2D eigenvalue weighted by atomic mass is 16.2. The molecule has 2 aliphatic rings. The molecule has 0 saturated carbocycles. The predicted molar refractivity (Wildman–Crippen MR) is 112 cm³/mol. The lowest BCUT2D eigenvalue weighted by atomic mass is 9.67. The van der Waals surface area contributed by atoms with Gasteiger partial charge in [-0.2, -0.15) is 0 Å². The summed E-state index contributed by atoms with van der Waals surface area (Å²) < 4.78 is 0. The molecule has 4 heteroatoms. The van der Waals surface area contributed by atoms with Gasteiger partial charge in [0, 0.05) is 6.54 Å². The molecule has 0 spiro atoms. The minimum Gasteiger partial charge on any atom is -0.308 e. The number of carbonyl (C=O) groups excluding carboxylic acids is 2. The van der Waals surface area contributed by atoms with E-state index in [2.05, 4.69) is 5.32 Å². The van der Waals surface area contributed by atoms with Crippen LogP contribution in [0.2, 0.25) is 0 Å². The average molecular weight is 382 g/mol. The fourth-order valence-electron chi connectivity index (χ4n) is 4.92. The number of carbonyl (C=O) groups is 2. The third-order valence-electron chi connectivity index (χ3n) is 6.28. The van der Waals surface area contributed by atoms with Gasteiger partial charge < -0.3 is 5.32 Å². The number of hydrogen-bond acceptors (Lipinski definition) is 3. The van der Waals surface area contributed by atoms with Crippen molar-refractivity contribution in [3.63, 3.8) is 0 Å². The SMILES string of the molecule is Cc1ccc(N2C(=O)[C@@H]3CN[C@H](c4ccccc4)[C@]3(c3ccccc3)C2=O)cc1. The van der Waals surface area contributed by atoms with E-state index in [1.165, 1.54) is 4.90 Å². The zero-order valence-corrected chi connectivity index (χ0v) is 16.2. The van der Waals surface area contributed by atoms with Crippen LogP contribution < -0.4 is 10.2 Å². The van der Waals surface area contributed by atoms with Crippen LogP contribution in [0.3, 0.4) is 0 Å². The second-order valence-corrected chi connectivity index (χ2v) is 7.85. The van der Waals surface area contributed by atoms with Gasteiger partial charge in [-0.15, -0.1) is 0 Å². The van der Waals surface area contributed by atoms with Crippen molar-refractivity contribution in [3.05, 3.63) is 102 Å². The zero-order chi connectivity index (χ0) is 20.0. The average Bonchev–Trinajstić information content (AvgIpc) is 3.26. The fraction of sp³-hybridized carbons (Fsp3) is 0.200. The molecule has 3 aromatic carbocycles. The first-order valence-electron chi connectivity index (χ1n) is 9.93. The molecule has 0 aromatic heterocycles. The Morgan fingerprint density at radius 1 is 0.862 bits per heavy atom. The molecular weight excluding hydrogens is 360 g/mol. The van der Waals surface area contributed by atoms with Gasteiger partial charge in [0.2, 0.25) is 11.8 Å². The number of nitrogens with one attached hydrogen (secondary N) is 1. The Hall–Kier alpha value is -3.24. The monoisotopic (exact) mass is 382 g/mol. The second kappa shape index (κ2) is 6.68. The molecule has 2 heterocycles. The summed E-state index contributed by atoms with van der Waals surface area (Å²) >= 11 is 0. The number of benzene rings is 3. The van der Waals surface area contributed by atoms with Crippen LogP contribution in [0, 0.1) is 12.8 Å². The summed E-state index contributed by atoms with van der Waals surface area (Å²) in [6.45, 7) is 2.47. The maximum Gasteiger partial charge on any atom is 0.247 e. The van der Waals surface area contributed by atoms with E-state index in [1.807, 2.05) is 91.9 Å². The van der Waals surface area contributed by atoms with Gasteiger partial charge in [-0.3, -0.25) is 9.59 Å². The first-order valence-corrected chi connectivity index (χ1v) is 9.93. The Morgan fingerprint density at radius 3 is 2.14 bits per heavy atom. The van der Waals surface area contributed by atoms with Crippen molar-refractivity contribution < 1.29 is 9.59 Å². The Kier molecular flexibility index (Phi) is 4.10. The smallest absolute Gasteiger partial charge is 0.247 e. The number of hydrogen-bond donors (Lipinski definition) is 1. The predicted octanol–water partition coefficient (Wildman–Crippen LogP) is 3.77. The Morgan fingerprint density at radius 2 is 1.48 bits per heavy atom. The van der Waals surface area contributed by atoms with Crippen molar-refractivity contribution in [1.29, 1.82) is 0 Å². The van der Waals surface area contributed by atoms with E-state index < -0.39 is 11.3 Å². The summed E-state index contributed by atoms with van der Waals surface area (Å²) in [5, 5.41) is 3.49. The summed E-state index contributed by atoms with van der Waals surface area (Å²) in [5.74, 6) is -0.723. The van der Waals surface area contributed by atoms with Crippen LogP contribution >= 0.6 is 0 Å². The van der Waals surface area contributed by atoms with Crippen molar-refractivity contribution in [2.45, 2.75) is 18.4 Å². The van der Waals surface area contributed by atoms with Crippen LogP contribution in [-0.2, 0) is 15.0 Å². The largest absolute Gasteiger partial charge is 0.308 e. The van der Waals surface area contributed by atoms with Gasteiger partial charge in [0.25, 0.3) is 0 Å². The topological polar surface area (TPSA) is 49.4 Å². The summed E-state index contributed by atoms with van der Waals surface area (Å²) in [4.78, 5) is 29.0. The molecule has 2 aliphatic heterocycles. The van der Waals surface area contributed by atoms with Gasteiger partial charge in [0.15, 0.2) is 0 Å². The van der Waals surface area contributed by atoms with E-state index in [0.29, 0.717) is 12.2 Å². The molecule has 29 heavy (non-hydrogen) atoms. The van der Waals surface area contributed by atoms with Crippen LogP contribution in [0.4, 0.5) is 5.69 Å². The van der Waals surface area contributed by atoms with Gasteiger partial charge in [-0.1, -0.05) is 78.4 Å². The molecule has 2 fully saturated rings. The van der Waals surface area contributed by atoms with Crippen LogP contribution in [0.5, 0.6) is 0 Å². The summed E-state index contributed by atoms with van der Waals surface area (Å²) in [6.07, 6.45) is 0. The molecule has 144 valence electrons. The number of fused-ring (bicyclic) bond motifs is 1. The lowest BCUT2D eigenvalue weighted by molar-refractivity contribution is -0.123. The van der Waals surface area contributed by atoms with Crippen molar-refractivity contribution in [1.82, 2.24) is 5.32 Å². The third kappa shape index (κ3) is 2.49.